The highest BCUT2D eigenvalue weighted by Gasteiger charge is 2.31. The van der Waals surface area contributed by atoms with E-state index in [0.717, 1.165) is 24.2 Å². The number of piperidine rings is 1. The standard InChI is InChI=1S/C11H15BrClNO3S2/c1-2-17-8-3-5-14(6-4-8)19(15,16)10-7-9(13)11(12)18-10/h7-8H,2-6H2,1H3. The summed E-state index contributed by atoms with van der Waals surface area (Å²) in [5, 5.41) is 0.438. The average Bonchev–Trinajstić information content (AvgIpc) is 2.71. The van der Waals surface area contributed by atoms with Crippen LogP contribution in [0.15, 0.2) is 14.1 Å². The van der Waals surface area contributed by atoms with Crippen molar-refractivity contribution in [3.05, 3.63) is 14.9 Å². The smallest absolute Gasteiger partial charge is 0.252 e. The third kappa shape index (κ3) is 3.51. The van der Waals surface area contributed by atoms with Crippen molar-refractivity contribution in [3.63, 3.8) is 0 Å². The molecule has 0 radical (unpaired) electrons. The van der Waals surface area contributed by atoms with Crippen molar-refractivity contribution < 1.29 is 13.2 Å². The average molecular weight is 389 g/mol. The van der Waals surface area contributed by atoms with E-state index >= 15 is 0 Å². The van der Waals surface area contributed by atoms with Crippen LogP contribution >= 0.6 is 38.9 Å². The van der Waals surface area contributed by atoms with Crippen LogP contribution in [0.5, 0.6) is 0 Å². The second kappa shape index (κ2) is 6.41. The van der Waals surface area contributed by atoms with Gasteiger partial charge in [-0.15, -0.1) is 11.3 Å². The molecule has 0 aliphatic carbocycles. The van der Waals surface area contributed by atoms with Gasteiger partial charge in [0.15, 0.2) is 0 Å². The largest absolute Gasteiger partial charge is 0.378 e. The van der Waals surface area contributed by atoms with Gasteiger partial charge in [-0.2, -0.15) is 4.31 Å². The van der Waals surface area contributed by atoms with E-state index < -0.39 is 10.0 Å². The summed E-state index contributed by atoms with van der Waals surface area (Å²) in [6.45, 7) is 3.62. The van der Waals surface area contributed by atoms with Crippen molar-refractivity contribution in [2.45, 2.75) is 30.1 Å². The fourth-order valence-corrected chi connectivity index (χ4v) is 6.08. The van der Waals surface area contributed by atoms with Crippen molar-refractivity contribution in [1.82, 2.24) is 4.31 Å². The maximum atomic E-state index is 12.4. The summed E-state index contributed by atoms with van der Waals surface area (Å²) in [5.41, 5.74) is 0. The van der Waals surface area contributed by atoms with Gasteiger partial charge in [0, 0.05) is 19.7 Å². The Balaban J connectivity index is 2.09. The molecule has 0 spiro atoms. The Morgan fingerprint density at radius 3 is 2.63 bits per heavy atom. The Labute approximate surface area is 130 Å². The van der Waals surface area contributed by atoms with Crippen molar-refractivity contribution in [2.24, 2.45) is 0 Å². The quantitative estimate of drug-likeness (QED) is 0.794. The number of nitrogens with zero attached hydrogens (tertiary/aromatic N) is 1. The van der Waals surface area contributed by atoms with Gasteiger partial charge < -0.3 is 4.74 Å². The predicted molar refractivity (Wildman–Crippen MR) is 80.4 cm³/mol. The Hall–Kier alpha value is 0.340. The van der Waals surface area contributed by atoms with E-state index in [2.05, 4.69) is 15.9 Å². The minimum Gasteiger partial charge on any atom is -0.378 e. The molecule has 1 aliphatic heterocycles. The van der Waals surface area contributed by atoms with E-state index in [0.29, 0.717) is 32.7 Å². The Morgan fingerprint density at radius 2 is 2.16 bits per heavy atom. The lowest BCUT2D eigenvalue weighted by atomic mass is 10.1. The fourth-order valence-electron chi connectivity index (χ4n) is 2.06. The van der Waals surface area contributed by atoms with E-state index in [1.165, 1.54) is 10.4 Å². The van der Waals surface area contributed by atoms with Gasteiger partial charge >= 0.3 is 0 Å². The SMILES string of the molecule is CCOC1CCN(S(=O)(=O)c2cc(Cl)c(Br)s2)CC1. The topological polar surface area (TPSA) is 46.6 Å². The number of halogens is 2. The molecule has 0 unspecified atom stereocenters. The summed E-state index contributed by atoms with van der Waals surface area (Å²) in [4.78, 5) is 0. The van der Waals surface area contributed by atoms with Gasteiger partial charge in [0.1, 0.15) is 4.21 Å². The van der Waals surface area contributed by atoms with Gasteiger partial charge in [-0.05, 0) is 41.8 Å². The number of hydrogen-bond donors (Lipinski definition) is 0. The summed E-state index contributed by atoms with van der Waals surface area (Å²) in [6.07, 6.45) is 1.66. The highest BCUT2D eigenvalue weighted by atomic mass is 79.9. The molecule has 0 N–H and O–H groups in total. The molecule has 0 aromatic carbocycles. The first-order valence-electron chi connectivity index (χ1n) is 6.01. The first-order chi connectivity index (χ1) is 8.95. The van der Waals surface area contributed by atoms with Gasteiger partial charge in [0.25, 0.3) is 10.0 Å². The molecule has 1 aromatic heterocycles. The second-order valence-electron chi connectivity index (χ2n) is 4.25. The maximum Gasteiger partial charge on any atom is 0.252 e. The molecule has 1 aliphatic rings. The third-order valence-electron chi connectivity index (χ3n) is 3.02. The molecular formula is C11H15BrClNO3S2. The number of thiophene rings is 1. The van der Waals surface area contributed by atoms with Crippen LogP contribution in [0.4, 0.5) is 0 Å². The van der Waals surface area contributed by atoms with Crippen LogP contribution in [0.2, 0.25) is 5.02 Å². The molecular weight excluding hydrogens is 374 g/mol. The van der Waals surface area contributed by atoms with Crippen molar-refractivity contribution in [2.75, 3.05) is 19.7 Å². The van der Waals surface area contributed by atoms with Gasteiger partial charge in [-0.1, -0.05) is 11.6 Å². The van der Waals surface area contributed by atoms with Crippen LogP contribution in [0.3, 0.4) is 0 Å². The van der Waals surface area contributed by atoms with Crippen LogP contribution in [0, 0.1) is 0 Å². The molecule has 19 heavy (non-hydrogen) atoms. The molecule has 1 saturated heterocycles. The lowest BCUT2D eigenvalue weighted by Crippen LogP contribution is -2.40. The number of hydrogen-bond acceptors (Lipinski definition) is 4. The maximum absolute atomic E-state index is 12.4. The molecule has 0 saturated carbocycles. The van der Waals surface area contributed by atoms with E-state index in [9.17, 15) is 8.42 Å². The minimum atomic E-state index is -3.42. The molecule has 108 valence electrons. The Bertz CT molecular complexity index is 519. The lowest BCUT2D eigenvalue weighted by molar-refractivity contribution is 0.0290. The van der Waals surface area contributed by atoms with Gasteiger partial charge in [-0.25, -0.2) is 8.42 Å². The molecule has 1 fully saturated rings. The first kappa shape index (κ1) is 15.7. The zero-order valence-corrected chi connectivity index (χ0v) is 14.4. The monoisotopic (exact) mass is 387 g/mol. The van der Waals surface area contributed by atoms with E-state index in [4.69, 9.17) is 16.3 Å². The molecule has 0 amide bonds. The molecule has 2 heterocycles. The number of sulfonamides is 1. The first-order valence-corrected chi connectivity index (χ1v) is 9.44. The third-order valence-corrected chi connectivity index (χ3v) is 7.84. The highest BCUT2D eigenvalue weighted by molar-refractivity contribution is 9.11. The highest BCUT2D eigenvalue weighted by Crippen LogP contribution is 2.36. The van der Waals surface area contributed by atoms with Gasteiger partial charge in [0.05, 0.1) is 14.9 Å². The summed E-state index contributed by atoms with van der Waals surface area (Å²) >= 11 is 10.3. The minimum absolute atomic E-state index is 0.176. The van der Waals surface area contributed by atoms with Crippen LogP contribution in [0.25, 0.3) is 0 Å². The van der Waals surface area contributed by atoms with Crippen LogP contribution in [0.1, 0.15) is 19.8 Å². The molecule has 4 nitrogen and oxygen atoms in total. The zero-order chi connectivity index (χ0) is 14.0. The lowest BCUT2D eigenvalue weighted by Gasteiger charge is -2.30. The van der Waals surface area contributed by atoms with Crippen molar-refractivity contribution >= 4 is 48.9 Å². The fraction of sp³-hybridized carbons (Fsp3) is 0.636. The second-order valence-corrected chi connectivity index (χ2v) is 9.19. The van der Waals surface area contributed by atoms with Crippen LogP contribution in [-0.4, -0.2) is 38.5 Å². The van der Waals surface area contributed by atoms with Gasteiger partial charge in [0.2, 0.25) is 0 Å². The number of rotatable bonds is 4. The van der Waals surface area contributed by atoms with Crippen LogP contribution < -0.4 is 0 Å². The summed E-state index contributed by atoms with van der Waals surface area (Å²) in [6, 6.07) is 1.50. The summed E-state index contributed by atoms with van der Waals surface area (Å²) < 4.78 is 32.8. The Morgan fingerprint density at radius 1 is 1.53 bits per heavy atom. The van der Waals surface area contributed by atoms with Crippen LogP contribution in [-0.2, 0) is 14.8 Å². The van der Waals surface area contributed by atoms with E-state index in [1.54, 1.807) is 0 Å². The van der Waals surface area contributed by atoms with E-state index in [-0.39, 0.29) is 6.10 Å². The summed E-state index contributed by atoms with van der Waals surface area (Å²) in [7, 11) is -3.42. The van der Waals surface area contributed by atoms with Crippen molar-refractivity contribution in [1.29, 1.82) is 0 Å². The normalized spacial score (nSPS) is 18.9. The van der Waals surface area contributed by atoms with Crippen molar-refractivity contribution in [3.8, 4) is 0 Å². The molecule has 1 aromatic rings. The predicted octanol–water partition coefficient (Wildman–Crippen LogP) is 3.35. The van der Waals surface area contributed by atoms with E-state index in [1.807, 2.05) is 6.92 Å². The molecule has 8 heteroatoms. The van der Waals surface area contributed by atoms with Gasteiger partial charge in [-0.3, -0.25) is 0 Å². The summed E-state index contributed by atoms with van der Waals surface area (Å²) in [5.74, 6) is 0. The zero-order valence-electron chi connectivity index (χ0n) is 10.4. The molecule has 2 rings (SSSR count). The Kier molecular flexibility index (Phi) is 5.30. The molecule has 0 atom stereocenters. The molecule has 0 bridgehead atoms. The number of ether oxygens (including phenoxy) is 1.